The van der Waals surface area contributed by atoms with Crippen molar-refractivity contribution < 1.29 is 14.6 Å². The molecule has 0 fully saturated rings. The lowest BCUT2D eigenvalue weighted by atomic mass is 10.2. The summed E-state index contributed by atoms with van der Waals surface area (Å²) >= 11 is 0. The molecule has 2 atom stereocenters. The van der Waals surface area contributed by atoms with Crippen molar-refractivity contribution in [1.82, 2.24) is 5.32 Å². The van der Waals surface area contributed by atoms with Crippen LogP contribution in [-0.2, 0) is 4.79 Å². The van der Waals surface area contributed by atoms with Crippen LogP contribution in [0.3, 0.4) is 0 Å². The smallest absolute Gasteiger partial charge is 0.260 e. The number of phenolic OH excluding ortho intramolecular Hbond substituents is 1. The van der Waals surface area contributed by atoms with E-state index in [9.17, 15) is 9.90 Å². The van der Waals surface area contributed by atoms with E-state index in [1.54, 1.807) is 25.1 Å². The van der Waals surface area contributed by atoms with Gasteiger partial charge in [-0.3, -0.25) is 4.79 Å². The number of para-hydroxylation sites is 2. The van der Waals surface area contributed by atoms with E-state index < -0.39 is 6.10 Å². The Kier molecular flexibility index (Phi) is 4.82. The van der Waals surface area contributed by atoms with Gasteiger partial charge in [0.15, 0.2) is 17.6 Å². The number of carbonyl (C=O) groups excluding carboxylic acids is 1. The van der Waals surface area contributed by atoms with E-state index in [1.807, 2.05) is 13.8 Å². The van der Waals surface area contributed by atoms with E-state index in [0.29, 0.717) is 5.75 Å². The molecule has 0 saturated carbocycles. The molecule has 0 radical (unpaired) electrons. The second kappa shape index (κ2) is 6.13. The number of hydrogen-bond donors (Lipinski definition) is 2. The lowest BCUT2D eigenvalue weighted by Crippen LogP contribution is -2.40. The van der Waals surface area contributed by atoms with E-state index in [-0.39, 0.29) is 17.7 Å². The van der Waals surface area contributed by atoms with E-state index in [2.05, 4.69) is 5.32 Å². The Bertz CT molecular complexity index is 379. The number of benzene rings is 1. The van der Waals surface area contributed by atoms with Crippen molar-refractivity contribution >= 4 is 5.91 Å². The maximum atomic E-state index is 11.7. The molecule has 1 aromatic rings. The van der Waals surface area contributed by atoms with Crippen molar-refractivity contribution in [2.45, 2.75) is 39.3 Å². The molecule has 4 heteroatoms. The van der Waals surface area contributed by atoms with Gasteiger partial charge in [0.25, 0.3) is 5.91 Å². The SMILES string of the molecule is CCC(C)NC(=O)C(C)Oc1ccccc1O. The monoisotopic (exact) mass is 237 g/mol. The van der Waals surface area contributed by atoms with Crippen molar-refractivity contribution in [2.24, 2.45) is 0 Å². The van der Waals surface area contributed by atoms with E-state index >= 15 is 0 Å². The molecule has 0 aliphatic carbocycles. The minimum Gasteiger partial charge on any atom is -0.504 e. The van der Waals surface area contributed by atoms with E-state index in [1.165, 1.54) is 6.07 Å². The first-order chi connectivity index (χ1) is 8.04. The highest BCUT2D eigenvalue weighted by Crippen LogP contribution is 2.25. The van der Waals surface area contributed by atoms with Crippen LogP contribution in [0.25, 0.3) is 0 Å². The van der Waals surface area contributed by atoms with Gasteiger partial charge in [0.05, 0.1) is 0 Å². The van der Waals surface area contributed by atoms with Crippen molar-refractivity contribution in [3.05, 3.63) is 24.3 Å². The Morgan fingerprint density at radius 3 is 2.65 bits per heavy atom. The fourth-order valence-electron chi connectivity index (χ4n) is 1.26. The predicted octanol–water partition coefficient (Wildman–Crippen LogP) is 2.07. The molecule has 2 unspecified atom stereocenters. The van der Waals surface area contributed by atoms with Crippen LogP contribution in [0.4, 0.5) is 0 Å². The summed E-state index contributed by atoms with van der Waals surface area (Å²) in [6.07, 6.45) is 0.243. The summed E-state index contributed by atoms with van der Waals surface area (Å²) in [7, 11) is 0. The highest BCUT2D eigenvalue weighted by atomic mass is 16.5. The summed E-state index contributed by atoms with van der Waals surface area (Å²) in [5.41, 5.74) is 0. The number of aromatic hydroxyl groups is 1. The van der Waals surface area contributed by atoms with Gasteiger partial charge in [-0.25, -0.2) is 0 Å². The number of amides is 1. The molecule has 0 aliphatic heterocycles. The Labute approximate surface area is 102 Å². The number of phenols is 1. The molecule has 0 bridgehead atoms. The molecule has 0 heterocycles. The molecule has 2 N–H and O–H groups in total. The third kappa shape index (κ3) is 3.98. The number of hydrogen-bond acceptors (Lipinski definition) is 3. The average molecular weight is 237 g/mol. The lowest BCUT2D eigenvalue weighted by Gasteiger charge is -2.18. The Hall–Kier alpha value is -1.71. The van der Waals surface area contributed by atoms with Gasteiger partial charge in [0.1, 0.15) is 0 Å². The predicted molar refractivity (Wildman–Crippen MR) is 66.1 cm³/mol. The number of carbonyl (C=O) groups is 1. The molecule has 1 aromatic carbocycles. The number of ether oxygens (including phenoxy) is 1. The molecular formula is C13H19NO3. The highest BCUT2D eigenvalue weighted by molar-refractivity contribution is 5.81. The van der Waals surface area contributed by atoms with Crippen LogP contribution in [0.15, 0.2) is 24.3 Å². The van der Waals surface area contributed by atoms with Crippen LogP contribution < -0.4 is 10.1 Å². The first-order valence-electron chi connectivity index (χ1n) is 5.79. The maximum Gasteiger partial charge on any atom is 0.260 e. The van der Waals surface area contributed by atoms with Crippen molar-refractivity contribution in [1.29, 1.82) is 0 Å². The molecular weight excluding hydrogens is 218 g/mol. The second-order valence-corrected chi connectivity index (χ2v) is 4.05. The first-order valence-corrected chi connectivity index (χ1v) is 5.79. The molecule has 94 valence electrons. The van der Waals surface area contributed by atoms with Crippen LogP contribution in [0, 0.1) is 0 Å². The fourth-order valence-corrected chi connectivity index (χ4v) is 1.26. The van der Waals surface area contributed by atoms with Gasteiger partial charge in [0, 0.05) is 6.04 Å². The largest absolute Gasteiger partial charge is 0.504 e. The maximum absolute atomic E-state index is 11.7. The van der Waals surface area contributed by atoms with Gasteiger partial charge in [-0.1, -0.05) is 19.1 Å². The van der Waals surface area contributed by atoms with Crippen molar-refractivity contribution in [3.8, 4) is 11.5 Å². The molecule has 0 aromatic heterocycles. The standard InChI is InChI=1S/C13H19NO3/c1-4-9(2)14-13(16)10(3)17-12-8-6-5-7-11(12)15/h5-10,15H,4H2,1-3H3,(H,14,16). The summed E-state index contributed by atoms with van der Waals surface area (Å²) in [6.45, 7) is 5.59. The molecule has 0 saturated heterocycles. The van der Waals surface area contributed by atoms with Crippen molar-refractivity contribution in [2.75, 3.05) is 0 Å². The minimum absolute atomic E-state index is 0.0377. The van der Waals surface area contributed by atoms with Gasteiger partial charge in [-0.15, -0.1) is 0 Å². The summed E-state index contributed by atoms with van der Waals surface area (Å²) in [4.78, 5) is 11.7. The minimum atomic E-state index is -0.628. The fraction of sp³-hybridized carbons (Fsp3) is 0.462. The van der Waals surface area contributed by atoms with Crippen LogP contribution in [0.5, 0.6) is 11.5 Å². The quantitative estimate of drug-likeness (QED) is 0.824. The van der Waals surface area contributed by atoms with Gasteiger partial charge >= 0.3 is 0 Å². The van der Waals surface area contributed by atoms with Crippen LogP contribution >= 0.6 is 0 Å². The van der Waals surface area contributed by atoms with Gasteiger partial charge < -0.3 is 15.2 Å². The third-order valence-electron chi connectivity index (χ3n) is 2.54. The molecule has 0 spiro atoms. The topological polar surface area (TPSA) is 58.6 Å². The summed E-state index contributed by atoms with van der Waals surface area (Å²) in [5.74, 6) is 0.178. The van der Waals surface area contributed by atoms with E-state index in [0.717, 1.165) is 6.42 Å². The van der Waals surface area contributed by atoms with Crippen LogP contribution in [0.1, 0.15) is 27.2 Å². The normalized spacial score (nSPS) is 13.8. The van der Waals surface area contributed by atoms with Crippen LogP contribution in [0.2, 0.25) is 0 Å². The summed E-state index contributed by atoms with van der Waals surface area (Å²) in [6, 6.07) is 6.72. The van der Waals surface area contributed by atoms with Gasteiger partial charge in [-0.2, -0.15) is 0 Å². The average Bonchev–Trinajstić information content (AvgIpc) is 2.31. The second-order valence-electron chi connectivity index (χ2n) is 4.05. The zero-order chi connectivity index (χ0) is 12.8. The molecule has 1 rings (SSSR count). The number of nitrogens with one attached hydrogen (secondary N) is 1. The van der Waals surface area contributed by atoms with Gasteiger partial charge in [0.2, 0.25) is 0 Å². The van der Waals surface area contributed by atoms with E-state index in [4.69, 9.17) is 4.74 Å². The Balaban J connectivity index is 2.57. The first kappa shape index (κ1) is 13.4. The lowest BCUT2D eigenvalue weighted by molar-refractivity contribution is -0.127. The van der Waals surface area contributed by atoms with Gasteiger partial charge in [-0.05, 0) is 32.4 Å². The Morgan fingerprint density at radius 1 is 1.41 bits per heavy atom. The summed E-state index contributed by atoms with van der Waals surface area (Å²) < 4.78 is 5.39. The van der Waals surface area contributed by atoms with Crippen LogP contribution in [-0.4, -0.2) is 23.2 Å². The van der Waals surface area contributed by atoms with Crippen molar-refractivity contribution in [3.63, 3.8) is 0 Å². The Morgan fingerprint density at radius 2 is 2.06 bits per heavy atom. The highest BCUT2D eigenvalue weighted by Gasteiger charge is 2.17. The molecule has 17 heavy (non-hydrogen) atoms. The summed E-state index contributed by atoms with van der Waals surface area (Å²) in [5, 5.41) is 12.3. The molecule has 0 aliphatic rings. The zero-order valence-electron chi connectivity index (χ0n) is 10.4. The molecule has 4 nitrogen and oxygen atoms in total. The zero-order valence-corrected chi connectivity index (χ0v) is 10.4. The third-order valence-corrected chi connectivity index (χ3v) is 2.54. The number of rotatable bonds is 5. The molecule has 1 amide bonds.